The third-order valence-corrected chi connectivity index (χ3v) is 2.72. The average Bonchev–Trinajstić information content (AvgIpc) is 2.38. The van der Waals surface area contributed by atoms with Crippen LogP contribution >= 0.6 is 11.6 Å². The highest BCUT2D eigenvalue weighted by Crippen LogP contribution is 2.33. The Kier molecular flexibility index (Phi) is 3.45. The van der Waals surface area contributed by atoms with Crippen LogP contribution < -0.4 is 4.74 Å². The van der Waals surface area contributed by atoms with Crippen LogP contribution in [-0.4, -0.2) is 12.4 Å². The second-order valence-corrected chi connectivity index (χ2v) is 3.87. The lowest BCUT2D eigenvalue weighted by Gasteiger charge is -2.11. The number of carbonyl (C=O) groups is 1. The van der Waals surface area contributed by atoms with Gasteiger partial charge in [-0.2, -0.15) is 0 Å². The summed E-state index contributed by atoms with van der Waals surface area (Å²) in [5.41, 5.74) is 2.10. The molecule has 2 aromatic carbocycles. The number of ether oxygens (including phenoxy) is 1. The Hall–Kier alpha value is -1.80. The molecule has 0 N–H and O–H groups in total. The van der Waals surface area contributed by atoms with Crippen LogP contribution in [0.3, 0.4) is 0 Å². The first kappa shape index (κ1) is 11.7. The average molecular weight is 247 g/mol. The molecule has 86 valence electrons. The Morgan fingerprint density at radius 1 is 1.06 bits per heavy atom. The third-order valence-electron chi connectivity index (χ3n) is 2.52. The molecule has 3 heteroatoms. The number of carbonyl (C=O) groups excluding carboxylic acids is 1. The molecule has 0 amide bonds. The van der Waals surface area contributed by atoms with Gasteiger partial charge >= 0.3 is 0 Å². The lowest BCUT2D eigenvalue weighted by atomic mass is 9.99. The number of benzene rings is 2. The summed E-state index contributed by atoms with van der Waals surface area (Å²) in [7, 11) is 1.57. The van der Waals surface area contributed by atoms with Crippen molar-refractivity contribution in [1.29, 1.82) is 0 Å². The quantitative estimate of drug-likeness (QED) is 0.771. The van der Waals surface area contributed by atoms with Crippen molar-refractivity contribution in [2.24, 2.45) is 0 Å². The van der Waals surface area contributed by atoms with E-state index in [4.69, 9.17) is 16.3 Å². The Balaban J connectivity index is 2.69. The summed E-state index contributed by atoms with van der Waals surface area (Å²) in [5.74, 6) is 0.641. The van der Waals surface area contributed by atoms with Crippen molar-refractivity contribution >= 4 is 16.8 Å². The molecule has 2 nitrogen and oxygen atoms in total. The predicted octanol–water partition coefficient (Wildman–Crippen LogP) is 3.74. The maximum absolute atomic E-state index is 11.4. The zero-order chi connectivity index (χ0) is 12.3. The van der Waals surface area contributed by atoms with Crippen LogP contribution in [0.1, 0.15) is 10.4 Å². The van der Waals surface area contributed by atoms with E-state index < -0.39 is 5.24 Å². The molecular weight excluding hydrogens is 236 g/mol. The predicted molar refractivity (Wildman–Crippen MR) is 68.6 cm³/mol. The van der Waals surface area contributed by atoms with Crippen LogP contribution in [0.4, 0.5) is 0 Å². The molecule has 0 aliphatic carbocycles. The van der Waals surface area contributed by atoms with Crippen molar-refractivity contribution in [3.05, 3.63) is 54.1 Å². The van der Waals surface area contributed by atoms with Gasteiger partial charge in [0.2, 0.25) is 0 Å². The molecule has 0 aliphatic rings. The molecule has 2 rings (SSSR count). The second kappa shape index (κ2) is 5.02. The summed E-state index contributed by atoms with van der Waals surface area (Å²) in [4.78, 5) is 11.4. The first-order valence-electron chi connectivity index (χ1n) is 5.16. The molecule has 0 aliphatic heterocycles. The molecule has 0 radical (unpaired) electrons. The van der Waals surface area contributed by atoms with Gasteiger partial charge in [0, 0.05) is 11.1 Å². The van der Waals surface area contributed by atoms with Crippen LogP contribution in [0.2, 0.25) is 0 Å². The zero-order valence-electron chi connectivity index (χ0n) is 9.31. The Morgan fingerprint density at radius 2 is 1.76 bits per heavy atom. The van der Waals surface area contributed by atoms with Gasteiger partial charge in [0.15, 0.2) is 0 Å². The Labute approximate surface area is 105 Å². The smallest absolute Gasteiger partial charge is 0.253 e. The van der Waals surface area contributed by atoms with Crippen molar-refractivity contribution in [3.63, 3.8) is 0 Å². The van der Waals surface area contributed by atoms with Crippen LogP contribution in [0.5, 0.6) is 5.75 Å². The molecule has 0 spiro atoms. The van der Waals surface area contributed by atoms with Gasteiger partial charge in [-0.3, -0.25) is 4.79 Å². The topological polar surface area (TPSA) is 26.3 Å². The molecule has 0 saturated heterocycles. The van der Waals surface area contributed by atoms with Crippen molar-refractivity contribution in [2.45, 2.75) is 0 Å². The molecule has 17 heavy (non-hydrogen) atoms. The lowest BCUT2D eigenvalue weighted by molar-refractivity contribution is 0.108. The highest BCUT2D eigenvalue weighted by atomic mass is 35.5. The van der Waals surface area contributed by atoms with Gasteiger partial charge in [-0.05, 0) is 29.3 Å². The number of methoxy groups -OCH3 is 1. The summed E-state index contributed by atoms with van der Waals surface area (Å²) in [5, 5.41) is -0.484. The van der Waals surface area contributed by atoms with Gasteiger partial charge in [0.05, 0.1) is 7.11 Å². The van der Waals surface area contributed by atoms with Gasteiger partial charge in [0.25, 0.3) is 5.24 Å². The minimum absolute atomic E-state index is 0.456. The van der Waals surface area contributed by atoms with Crippen molar-refractivity contribution in [3.8, 4) is 16.9 Å². The summed E-state index contributed by atoms with van der Waals surface area (Å²) >= 11 is 5.59. The largest absolute Gasteiger partial charge is 0.496 e. The van der Waals surface area contributed by atoms with E-state index in [1.54, 1.807) is 19.2 Å². The SMILES string of the molecule is COc1cccc(C(=O)Cl)c1-c1ccccc1. The van der Waals surface area contributed by atoms with E-state index in [9.17, 15) is 4.79 Å². The number of hydrogen-bond acceptors (Lipinski definition) is 2. The normalized spacial score (nSPS) is 10.0. The maximum atomic E-state index is 11.4. The third kappa shape index (κ3) is 2.32. The van der Waals surface area contributed by atoms with Crippen LogP contribution in [0.15, 0.2) is 48.5 Å². The zero-order valence-corrected chi connectivity index (χ0v) is 10.1. The fourth-order valence-corrected chi connectivity index (χ4v) is 1.93. The fourth-order valence-electron chi connectivity index (χ4n) is 1.77. The van der Waals surface area contributed by atoms with Crippen LogP contribution in [0.25, 0.3) is 11.1 Å². The highest BCUT2D eigenvalue weighted by molar-refractivity contribution is 6.68. The molecular formula is C14H11ClO2. The maximum Gasteiger partial charge on any atom is 0.253 e. The number of halogens is 1. The molecule has 0 heterocycles. The van der Waals surface area contributed by atoms with E-state index in [0.29, 0.717) is 11.3 Å². The second-order valence-electron chi connectivity index (χ2n) is 3.52. The monoisotopic (exact) mass is 246 g/mol. The summed E-state index contributed by atoms with van der Waals surface area (Å²) in [6.07, 6.45) is 0. The molecule has 0 bridgehead atoms. The molecule has 0 fully saturated rings. The van der Waals surface area contributed by atoms with Crippen LogP contribution in [0, 0.1) is 0 Å². The highest BCUT2D eigenvalue weighted by Gasteiger charge is 2.15. The summed E-state index contributed by atoms with van der Waals surface area (Å²) in [6.45, 7) is 0. The van der Waals surface area contributed by atoms with Gasteiger partial charge in [-0.25, -0.2) is 0 Å². The molecule has 0 aromatic heterocycles. The molecule has 0 atom stereocenters. The summed E-state index contributed by atoms with van der Waals surface area (Å²) < 4.78 is 5.28. The van der Waals surface area contributed by atoms with E-state index in [-0.39, 0.29) is 0 Å². The Bertz CT molecular complexity index is 535. The molecule has 2 aromatic rings. The minimum Gasteiger partial charge on any atom is -0.496 e. The first-order chi connectivity index (χ1) is 8.24. The lowest BCUT2D eigenvalue weighted by Crippen LogP contribution is -1.97. The minimum atomic E-state index is -0.484. The standard InChI is InChI=1S/C14H11ClO2/c1-17-12-9-5-8-11(14(15)16)13(12)10-6-3-2-4-7-10/h2-9H,1H3. The van der Waals surface area contributed by atoms with Gasteiger partial charge in [-0.15, -0.1) is 0 Å². The number of hydrogen-bond donors (Lipinski definition) is 0. The van der Waals surface area contributed by atoms with E-state index >= 15 is 0 Å². The van der Waals surface area contributed by atoms with Crippen LogP contribution in [-0.2, 0) is 0 Å². The van der Waals surface area contributed by atoms with Gasteiger partial charge in [0.1, 0.15) is 5.75 Å². The van der Waals surface area contributed by atoms with Crippen molar-refractivity contribution < 1.29 is 9.53 Å². The van der Waals surface area contributed by atoms with Crippen molar-refractivity contribution in [2.75, 3.05) is 7.11 Å². The first-order valence-corrected chi connectivity index (χ1v) is 5.54. The van der Waals surface area contributed by atoms with Gasteiger partial charge in [-0.1, -0.05) is 36.4 Å². The van der Waals surface area contributed by atoms with E-state index in [1.165, 1.54) is 0 Å². The molecule has 0 unspecified atom stereocenters. The van der Waals surface area contributed by atoms with E-state index in [2.05, 4.69) is 0 Å². The summed E-state index contributed by atoms with van der Waals surface area (Å²) in [6, 6.07) is 14.8. The van der Waals surface area contributed by atoms with E-state index in [1.807, 2.05) is 36.4 Å². The van der Waals surface area contributed by atoms with Crippen molar-refractivity contribution in [1.82, 2.24) is 0 Å². The Morgan fingerprint density at radius 3 is 2.35 bits per heavy atom. The fraction of sp³-hybridized carbons (Fsp3) is 0.0714. The number of rotatable bonds is 3. The van der Waals surface area contributed by atoms with E-state index in [0.717, 1.165) is 11.1 Å². The molecule has 0 saturated carbocycles. The van der Waals surface area contributed by atoms with Gasteiger partial charge < -0.3 is 4.74 Å².